The fourth-order valence-corrected chi connectivity index (χ4v) is 1.47. The minimum absolute atomic E-state index is 0.401. The number of hydrogen-bond donors (Lipinski definition) is 2. The van der Waals surface area contributed by atoms with Crippen LogP contribution in [0.2, 0.25) is 0 Å². The van der Waals surface area contributed by atoms with Gasteiger partial charge in [-0.3, -0.25) is 4.99 Å². The third-order valence-electron chi connectivity index (χ3n) is 2.54. The van der Waals surface area contributed by atoms with E-state index in [4.69, 9.17) is 5.73 Å². The summed E-state index contributed by atoms with van der Waals surface area (Å²) in [7, 11) is 0. The lowest BCUT2D eigenvalue weighted by Gasteiger charge is -2.10. The Hall–Kier alpha value is -1.51. The van der Waals surface area contributed by atoms with Crippen molar-refractivity contribution in [3.05, 3.63) is 35.4 Å². The van der Waals surface area contributed by atoms with E-state index in [-0.39, 0.29) is 0 Å². The molecular formula is C13H21N3. The van der Waals surface area contributed by atoms with E-state index in [1.54, 1.807) is 0 Å². The Balaban J connectivity index is 2.55. The van der Waals surface area contributed by atoms with Crippen molar-refractivity contribution in [3.63, 3.8) is 0 Å². The highest BCUT2D eigenvalue weighted by atomic mass is 15.1. The number of nitrogens with one attached hydrogen (secondary N) is 1. The van der Waals surface area contributed by atoms with Crippen molar-refractivity contribution < 1.29 is 0 Å². The fraction of sp³-hybridized carbons (Fsp3) is 0.462. The molecule has 0 heterocycles. The molecule has 1 aromatic carbocycles. The van der Waals surface area contributed by atoms with E-state index in [2.05, 4.69) is 48.4 Å². The molecule has 1 aromatic rings. The van der Waals surface area contributed by atoms with E-state index in [1.807, 2.05) is 6.92 Å². The molecule has 0 fully saturated rings. The normalized spacial score (nSPS) is 13.6. The van der Waals surface area contributed by atoms with E-state index in [1.165, 1.54) is 11.1 Å². The van der Waals surface area contributed by atoms with Crippen LogP contribution in [0.15, 0.2) is 29.3 Å². The smallest absolute Gasteiger partial charge is 0.188 e. The van der Waals surface area contributed by atoms with Gasteiger partial charge in [-0.05, 0) is 19.4 Å². The van der Waals surface area contributed by atoms with Crippen molar-refractivity contribution in [2.75, 3.05) is 13.1 Å². The van der Waals surface area contributed by atoms with Gasteiger partial charge in [-0.15, -0.1) is 0 Å². The summed E-state index contributed by atoms with van der Waals surface area (Å²) >= 11 is 0. The Morgan fingerprint density at radius 3 is 2.56 bits per heavy atom. The van der Waals surface area contributed by atoms with E-state index >= 15 is 0 Å². The number of aliphatic imine (C=N–C) groups is 1. The van der Waals surface area contributed by atoms with Gasteiger partial charge in [0, 0.05) is 19.0 Å². The molecule has 0 radical (unpaired) electrons. The molecule has 1 rings (SSSR count). The Bertz CT molecular complexity index is 341. The Kier molecular flexibility index (Phi) is 4.83. The number of benzene rings is 1. The number of hydrogen-bond acceptors (Lipinski definition) is 1. The molecule has 0 aliphatic carbocycles. The van der Waals surface area contributed by atoms with Crippen LogP contribution in [0.3, 0.4) is 0 Å². The molecule has 1 atom stereocenters. The minimum atomic E-state index is 0.401. The zero-order valence-electron chi connectivity index (χ0n) is 10.3. The Morgan fingerprint density at radius 2 is 2.00 bits per heavy atom. The van der Waals surface area contributed by atoms with Gasteiger partial charge in [-0.2, -0.15) is 0 Å². The summed E-state index contributed by atoms with van der Waals surface area (Å²) < 4.78 is 0. The summed E-state index contributed by atoms with van der Waals surface area (Å²) in [4.78, 5) is 4.30. The minimum Gasteiger partial charge on any atom is -0.370 e. The zero-order valence-corrected chi connectivity index (χ0v) is 10.3. The van der Waals surface area contributed by atoms with Crippen molar-refractivity contribution in [2.45, 2.75) is 26.7 Å². The highest BCUT2D eigenvalue weighted by Crippen LogP contribution is 2.15. The van der Waals surface area contributed by atoms with Crippen molar-refractivity contribution in [2.24, 2.45) is 10.7 Å². The first-order valence-corrected chi connectivity index (χ1v) is 5.73. The molecule has 0 spiro atoms. The van der Waals surface area contributed by atoms with Gasteiger partial charge in [0.15, 0.2) is 5.96 Å². The highest BCUT2D eigenvalue weighted by molar-refractivity contribution is 5.77. The molecule has 0 aliphatic heterocycles. The number of guanidine groups is 1. The Labute approximate surface area is 97.8 Å². The predicted octanol–water partition coefficient (Wildman–Crippen LogP) is 2.02. The molecule has 3 N–H and O–H groups in total. The number of aryl methyl sites for hydroxylation is 1. The van der Waals surface area contributed by atoms with Gasteiger partial charge in [0.25, 0.3) is 0 Å². The molecule has 88 valence electrons. The quantitative estimate of drug-likeness (QED) is 0.601. The summed E-state index contributed by atoms with van der Waals surface area (Å²) in [5.74, 6) is 0.930. The first kappa shape index (κ1) is 12.6. The molecule has 16 heavy (non-hydrogen) atoms. The summed E-state index contributed by atoms with van der Waals surface area (Å²) in [6.45, 7) is 7.80. The molecule has 0 amide bonds. The van der Waals surface area contributed by atoms with Crippen LogP contribution in [0.25, 0.3) is 0 Å². The maximum Gasteiger partial charge on any atom is 0.188 e. The van der Waals surface area contributed by atoms with Gasteiger partial charge in [-0.1, -0.05) is 36.8 Å². The standard InChI is InChI=1S/C13H21N3/c1-4-15-13(14)16-9-11(3)12-7-5-10(2)6-8-12/h5-8,11H,4,9H2,1-3H3,(H3,14,15,16). The maximum atomic E-state index is 5.67. The first-order chi connectivity index (χ1) is 7.63. The summed E-state index contributed by atoms with van der Waals surface area (Å²) in [6.07, 6.45) is 0. The SMILES string of the molecule is CCNC(N)=NCC(C)c1ccc(C)cc1. The van der Waals surface area contributed by atoms with E-state index < -0.39 is 0 Å². The highest BCUT2D eigenvalue weighted by Gasteiger charge is 2.04. The monoisotopic (exact) mass is 219 g/mol. The van der Waals surface area contributed by atoms with Crippen LogP contribution in [0, 0.1) is 6.92 Å². The van der Waals surface area contributed by atoms with Crippen molar-refractivity contribution >= 4 is 5.96 Å². The average molecular weight is 219 g/mol. The van der Waals surface area contributed by atoms with Crippen LogP contribution < -0.4 is 11.1 Å². The van der Waals surface area contributed by atoms with Crippen LogP contribution in [0.4, 0.5) is 0 Å². The van der Waals surface area contributed by atoms with Crippen LogP contribution in [-0.4, -0.2) is 19.0 Å². The lowest BCUT2D eigenvalue weighted by atomic mass is 10.0. The molecule has 0 aromatic heterocycles. The molecule has 0 aliphatic rings. The molecular weight excluding hydrogens is 198 g/mol. The van der Waals surface area contributed by atoms with E-state index in [0.29, 0.717) is 11.9 Å². The van der Waals surface area contributed by atoms with Gasteiger partial charge in [0.05, 0.1) is 0 Å². The lowest BCUT2D eigenvalue weighted by Crippen LogP contribution is -2.31. The van der Waals surface area contributed by atoms with Gasteiger partial charge < -0.3 is 11.1 Å². The third kappa shape index (κ3) is 3.93. The summed E-state index contributed by atoms with van der Waals surface area (Å²) in [5.41, 5.74) is 8.26. The van der Waals surface area contributed by atoms with Crippen molar-refractivity contribution in [1.82, 2.24) is 5.32 Å². The molecule has 0 saturated carbocycles. The van der Waals surface area contributed by atoms with E-state index in [0.717, 1.165) is 13.1 Å². The second-order valence-electron chi connectivity index (χ2n) is 4.07. The predicted molar refractivity (Wildman–Crippen MR) is 69.8 cm³/mol. The van der Waals surface area contributed by atoms with Crippen LogP contribution in [-0.2, 0) is 0 Å². The summed E-state index contributed by atoms with van der Waals surface area (Å²) in [5, 5.41) is 2.99. The average Bonchev–Trinajstić information content (AvgIpc) is 2.27. The molecule has 3 nitrogen and oxygen atoms in total. The molecule has 3 heteroatoms. The number of nitrogens with two attached hydrogens (primary N) is 1. The Morgan fingerprint density at radius 1 is 1.38 bits per heavy atom. The zero-order chi connectivity index (χ0) is 12.0. The second kappa shape index (κ2) is 6.16. The lowest BCUT2D eigenvalue weighted by molar-refractivity contribution is 0.766. The van der Waals surface area contributed by atoms with Crippen LogP contribution in [0.5, 0.6) is 0 Å². The number of rotatable bonds is 4. The molecule has 0 bridgehead atoms. The fourth-order valence-electron chi connectivity index (χ4n) is 1.47. The summed E-state index contributed by atoms with van der Waals surface area (Å²) in [6, 6.07) is 8.56. The van der Waals surface area contributed by atoms with Crippen molar-refractivity contribution in [1.29, 1.82) is 0 Å². The largest absolute Gasteiger partial charge is 0.370 e. The van der Waals surface area contributed by atoms with Crippen LogP contribution in [0.1, 0.15) is 30.9 Å². The van der Waals surface area contributed by atoms with Gasteiger partial charge in [0.1, 0.15) is 0 Å². The first-order valence-electron chi connectivity index (χ1n) is 5.73. The van der Waals surface area contributed by atoms with Crippen molar-refractivity contribution in [3.8, 4) is 0 Å². The van der Waals surface area contributed by atoms with Gasteiger partial charge in [0.2, 0.25) is 0 Å². The van der Waals surface area contributed by atoms with Gasteiger partial charge >= 0.3 is 0 Å². The molecule has 0 saturated heterocycles. The second-order valence-corrected chi connectivity index (χ2v) is 4.07. The van der Waals surface area contributed by atoms with E-state index in [9.17, 15) is 0 Å². The molecule has 1 unspecified atom stereocenters. The number of nitrogens with zero attached hydrogens (tertiary/aromatic N) is 1. The van der Waals surface area contributed by atoms with Gasteiger partial charge in [-0.25, -0.2) is 0 Å². The third-order valence-corrected chi connectivity index (χ3v) is 2.54. The van der Waals surface area contributed by atoms with Crippen LogP contribution >= 0.6 is 0 Å². The maximum absolute atomic E-state index is 5.67. The topological polar surface area (TPSA) is 50.4 Å².